The van der Waals surface area contributed by atoms with Crippen molar-refractivity contribution in [3.05, 3.63) is 43.2 Å². The van der Waals surface area contributed by atoms with Crippen molar-refractivity contribution in [2.24, 2.45) is 0 Å². The number of rotatable bonds is 5. The monoisotopic (exact) mass is 315 g/mol. The Balaban J connectivity index is 1.99. The average Bonchev–Trinajstić information content (AvgIpc) is 2.92. The fourth-order valence-electron chi connectivity index (χ4n) is 1.70. The predicted molar refractivity (Wildman–Crippen MR) is 76.5 cm³/mol. The summed E-state index contributed by atoms with van der Waals surface area (Å²) in [6.07, 6.45) is 2.30. The van der Waals surface area contributed by atoms with E-state index >= 15 is 0 Å². The average molecular weight is 316 g/mol. The largest absolute Gasteiger partial charge is 0.312 e. The van der Waals surface area contributed by atoms with E-state index in [1.807, 2.05) is 29.7 Å². The third kappa shape index (κ3) is 2.94. The molecular formula is C12H14BrNS2. The Morgan fingerprint density at radius 3 is 2.75 bits per heavy atom. The molecule has 0 fully saturated rings. The molecule has 1 atom stereocenters. The molecule has 2 aromatic rings. The van der Waals surface area contributed by atoms with Gasteiger partial charge in [-0.3, -0.25) is 0 Å². The molecule has 0 amide bonds. The van der Waals surface area contributed by atoms with Crippen LogP contribution in [0.2, 0.25) is 0 Å². The van der Waals surface area contributed by atoms with Crippen LogP contribution < -0.4 is 5.32 Å². The van der Waals surface area contributed by atoms with Gasteiger partial charge in [0.05, 0.1) is 0 Å². The van der Waals surface area contributed by atoms with Crippen molar-refractivity contribution in [3.63, 3.8) is 0 Å². The Hall–Kier alpha value is -0.160. The standard InChI is InChI=1S/C12H14BrNS2/c1-14-11(12-10(13)6-8-16-12)5-4-9-3-2-7-15-9/h2-3,6-8,11,14H,4-5H2,1H3. The van der Waals surface area contributed by atoms with E-state index in [0.29, 0.717) is 6.04 Å². The molecule has 0 saturated heterocycles. The molecule has 16 heavy (non-hydrogen) atoms. The van der Waals surface area contributed by atoms with Crippen LogP contribution in [0, 0.1) is 0 Å². The zero-order valence-electron chi connectivity index (χ0n) is 9.07. The van der Waals surface area contributed by atoms with E-state index in [1.54, 1.807) is 0 Å². The first-order chi connectivity index (χ1) is 7.81. The smallest absolute Gasteiger partial charge is 0.0427 e. The predicted octanol–water partition coefficient (Wildman–Crippen LogP) is 4.47. The van der Waals surface area contributed by atoms with Gasteiger partial charge in [0, 0.05) is 20.3 Å². The molecule has 0 aliphatic rings. The number of thiophene rings is 2. The SMILES string of the molecule is CNC(CCc1cccs1)c1sccc1Br. The molecule has 1 nitrogen and oxygen atoms in total. The van der Waals surface area contributed by atoms with E-state index < -0.39 is 0 Å². The van der Waals surface area contributed by atoms with Crippen LogP contribution >= 0.6 is 38.6 Å². The Morgan fingerprint density at radius 1 is 1.31 bits per heavy atom. The van der Waals surface area contributed by atoms with E-state index in [-0.39, 0.29) is 0 Å². The van der Waals surface area contributed by atoms with Crippen LogP contribution in [0.15, 0.2) is 33.4 Å². The van der Waals surface area contributed by atoms with Gasteiger partial charge in [0.15, 0.2) is 0 Å². The summed E-state index contributed by atoms with van der Waals surface area (Å²) in [5.41, 5.74) is 0. The molecule has 2 rings (SSSR count). The molecule has 0 radical (unpaired) electrons. The van der Waals surface area contributed by atoms with Crippen molar-refractivity contribution >= 4 is 38.6 Å². The summed E-state index contributed by atoms with van der Waals surface area (Å²) >= 11 is 7.25. The fourth-order valence-corrected chi connectivity index (χ4v) is 4.22. The highest BCUT2D eigenvalue weighted by atomic mass is 79.9. The molecule has 2 heterocycles. The highest BCUT2D eigenvalue weighted by Gasteiger charge is 2.13. The highest BCUT2D eigenvalue weighted by Crippen LogP contribution is 2.31. The number of hydrogen-bond acceptors (Lipinski definition) is 3. The molecule has 1 unspecified atom stereocenters. The van der Waals surface area contributed by atoms with Crippen LogP contribution in [0.25, 0.3) is 0 Å². The lowest BCUT2D eigenvalue weighted by Gasteiger charge is -2.14. The second-order valence-electron chi connectivity index (χ2n) is 3.59. The molecule has 0 saturated carbocycles. The highest BCUT2D eigenvalue weighted by molar-refractivity contribution is 9.10. The first-order valence-electron chi connectivity index (χ1n) is 5.24. The van der Waals surface area contributed by atoms with Gasteiger partial charge in [-0.2, -0.15) is 0 Å². The lowest BCUT2D eigenvalue weighted by atomic mass is 10.1. The number of aryl methyl sites for hydroxylation is 1. The number of hydrogen-bond donors (Lipinski definition) is 1. The summed E-state index contributed by atoms with van der Waals surface area (Å²) in [7, 11) is 2.03. The van der Waals surface area contributed by atoms with Crippen molar-refractivity contribution in [1.29, 1.82) is 0 Å². The summed E-state index contributed by atoms with van der Waals surface area (Å²) in [5.74, 6) is 0. The Bertz CT molecular complexity index is 422. The van der Waals surface area contributed by atoms with Crippen LogP contribution in [0.4, 0.5) is 0 Å². The van der Waals surface area contributed by atoms with Crippen molar-refractivity contribution in [2.75, 3.05) is 7.05 Å². The zero-order chi connectivity index (χ0) is 11.4. The fraction of sp³-hybridized carbons (Fsp3) is 0.333. The quantitative estimate of drug-likeness (QED) is 0.858. The minimum absolute atomic E-state index is 0.455. The molecule has 0 spiro atoms. The summed E-state index contributed by atoms with van der Waals surface area (Å²) < 4.78 is 1.23. The molecule has 4 heteroatoms. The van der Waals surface area contributed by atoms with E-state index in [9.17, 15) is 0 Å². The van der Waals surface area contributed by atoms with Gasteiger partial charge in [0.1, 0.15) is 0 Å². The Morgan fingerprint density at radius 2 is 2.19 bits per heavy atom. The van der Waals surface area contributed by atoms with Gasteiger partial charge in [-0.05, 0) is 58.7 Å². The lowest BCUT2D eigenvalue weighted by molar-refractivity contribution is 0.558. The van der Waals surface area contributed by atoms with Crippen LogP contribution in [-0.4, -0.2) is 7.05 Å². The number of halogens is 1. The van der Waals surface area contributed by atoms with Crippen molar-refractivity contribution < 1.29 is 0 Å². The minimum atomic E-state index is 0.455. The van der Waals surface area contributed by atoms with E-state index in [2.05, 4.69) is 50.2 Å². The van der Waals surface area contributed by atoms with Crippen LogP contribution in [0.1, 0.15) is 22.2 Å². The van der Waals surface area contributed by atoms with Crippen molar-refractivity contribution in [1.82, 2.24) is 5.32 Å². The van der Waals surface area contributed by atoms with Gasteiger partial charge < -0.3 is 5.32 Å². The molecular weight excluding hydrogens is 302 g/mol. The van der Waals surface area contributed by atoms with Crippen LogP contribution in [0.5, 0.6) is 0 Å². The van der Waals surface area contributed by atoms with Gasteiger partial charge in [0.25, 0.3) is 0 Å². The molecule has 2 aromatic heterocycles. The second-order valence-corrected chi connectivity index (χ2v) is 6.43. The number of nitrogens with one attached hydrogen (secondary N) is 1. The minimum Gasteiger partial charge on any atom is -0.312 e. The second kappa shape index (κ2) is 5.96. The topological polar surface area (TPSA) is 12.0 Å². The summed E-state index contributed by atoms with van der Waals surface area (Å²) in [4.78, 5) is 2.87. The summed E-state index contributed by atoms with van der Waals surface area (Å²) in [5, 5.41) is 7.67. The third-order valence-electron chi connectivity index (χ3n) is 2.57. The lowest BCUT2D eigenvalue weighted by Crippen LogP contribution is -2.16. The van der Waals surface area contributed by atoms with E-state index in [4.69, 9.17) is 0 Å². The van der Waals surface area contributed by atoms with Gasteiger partial charge >= 0.3 is 0 Å². The maximum absolute atomic E-state index is 3.60. The van der Waals surface area contributed by atoms with Crippen LogP contribution in [-0.2, 0) is 6.42 Å². The normalized spacial score (nSPS) is 12.9. The van der Waals surface area contributed by atoms with Gasteiger partial charge in [0.2, 0.25) is 0 Å². The maximum atomic E-state index is 3.60. The zero-order valence-corrected chi connectivity index (χ0v) is 12.3. The molecule has 0 aliphatic carbocycles. The van der Waals surface area contributed by atoms with Crippen LogP contribution in [0.3, 0.4) is 0 Å². The molecule has 1 N–H and O–H groups in total. The van der Waals surface area contributed by atoms with E-state index in [1.165, 1.54) is 14.2 Å². The Kier molecular flexibility index (Phi) is 4.58. The van der Waals surface area contributed by atoms with Gasteiger partial charge in [-0.25, -0.2) is 0 Å². The molecule has 86 valence electrons. The first-order valence-corrected chi connectivity index (χ1v) is 7.79. The summed E-state index contributed by atoms with van der Waals surface area (Å²) in [6.45, 7) is 0. The molecule has 0 bridgehead atoms. The Labute approximate surface area is 113 Å². The van der Waals surface area contributed by atoms with Crippen molar-refractivity contribution in [2.45, 2.75) is 18.9 Å². The summed E-state index contributed by atoms with van der Waals surface area (Å²) in [6, 6.07) is 6.91. The third-order valence-corrected chi connectivity index (χ3v) is 5.49. The molecule has 0 aliphatic heterocycles. The van der Waals surface area contributed by atoms with Gasteiger partial charge in [-0.15, -0.1) is 22.7 Å². The first kappa shape index (κ1) is 12.3. The van der Waals surface area contributed by atoms with Gasteiger partial charge in [-0.1, -0.05) is 6.07 Å². The molecule has 0 aromatic carbocycles. The van der Waals surface area contributed by atoms with E-state index in [0.717, 1.165) is 12.8 Å². The van der Waals surface area contributed by atoms with Crippen molar-refractivity contribution in [3.8, 4) is 0 Å². The maximum Gasteiger partial charge on any atom is 0.0427 e.